The van der Waals surface area contributed by atoms with Crippen molar-refractivity contribution in [2.24, 2.45) is 0 Å². The lowest BCUT2D eigenvalue weighted by Crippen LogP contribution is -2.29. The number of hydrogen-bond acceptors (Lipinski definition) is 6. The van der Waals surface area contributed by atoms with Crippen LogP contribution in [0.25, 0.3) is 10.2 Å². The molecule has 98 valence electrons. The Kier molecular flexibility index (Phi) is 4.46. The van der Waals surface area contributed by atoms with Gasteiger partial charge in [0.05, 0.1) is 16.3 Å². The molecule has 0 spiro atoms. The van der Waals surface area contributed by atoms with Crippen molar-refractivity contribution < 1.29 is 5.11 Å². The summed E-state index contributed by atoms with van der Waals surface area (Å²) in [7, 11) is 0. The molecule has 0 aliphatic heterocycles. The highest BCUT2D eigenvalue weighted by molar-refractivity contribution is 7.18. The van der Waals surface area contributed by atoms with Crippen molar-refractivity contribution in [3.05, 3.63) is 17.3 Å². The summed E-state index contributed by atoms with van der Waals surface area (Å²) in [5.41, 5.74) is 2.21. The van der Waals surface area contributed by atoms with Crippen molar-refractivity contribution >= 4 is 27.4 Å². The van der Waals surface area contributed by atoms with E-state index in [1.54, 1.807) is 24.6 Å². The quantitative estimate of drug-likeness (QED) is 0.689. The molecule has 0 bridgehead atoms. The number of aliphatic hydroxyl groups excluding tert-OH is 1. The molecule has 18 heavy (non-hydrogen) atoms. The van der Waals surface area contributed by atoms with E-state index in [2.05, 4.69) is 32.9 Å². The van der Waals surface area contributed by atoms with Crippen molar-refractivity contribution in [1.29, 1.82) is 0 Å². The molecule has 0 aliphatic carbocycles. The second-order valence-corrected chi connectivity index (χ2v) is 5.18. The van der Waals surface area contributed by atoms with E-state index in [1.807, 2.05) is 0 Å². The van der Waals surface area contributed by atoms with E-state index in [0.717, 1.165) is 29.1 Å². The summed E-state index contributed by atoms with van der Waals surface area (Å²) < 4.78 is 1.10. The maximum absolute atomic E-state index is 9.11. The molecule has 6 heteroatoms. The van der Waals surface area contributed by atoms with Crippen molar-refractivity contribution in [2.45, 2.75) is 20.0 Å². The first kappa shape index (κ1) is 13.2. The van der Waals surface area contributed by atoms with Crippen molar-refractivity contribution in [3.8, 4) is 0 Å². The third-order valence-electron chi connectivity index (χ3n) is 2.56. The molecule has 1 unspecified atom stereocenters. The molecule has 2 heterocycles. The van der Waals surface area contributed by atoms with E-state index in [0.29, 0.717) is 6.54 Å². The fraction of sp³-hybridized carbons (Fsp3) is 0.500. The normalized spacial score (nSPS) is 12.8. The summed E-state index contributed by atoms with van der Waals surface area (Å²) in [6.45, 7) is 6.00. The molecule has 0 aromatic carbocycles. The monoisotopic (exact) mass is 266 g/mol. The maximum Gasteiger partial charge on any atom is 0.147 e. The van der Waals surface area contributed by atoms with Gasteiger partial charge in [-0.1, -0.05) is 0 Å². The summed E-state index contributed by atoms with van der Waals surface area (Å²) in [5, 5.41) is 17.7. The van der Waals surface area contributed by atoms with Crippen molar-refractivity contribution in [2.75, 3.05) is 25.0 Å². The Hall–Kier alpha value is -1.24. The predicted octanol–water partition coefficient (Wildman–Crippen LogP) is 1.38. The average molecular weight is 266 g/mol. The average Bonchev–Trinajstić information content (AvgIpc) is 2.71. The van der Waals surface area contributed by atoms with Gasteiger partial charge in [0, 0.05) is 19.6 Å². The zero-order valence-corrected chi connectivity index (χ0v) is 11.4. The molecule has 0 fully saturated rings. The minimum Gasteiger partial charge on any atom is -0.392 e. The first-order valence-corrected chi connectivity index (χ1v) is 6.88. The highest BCUT2D eigenvalue weighted by Gasteiger charge is 2.07. The zero-order chi connectivity index (χ0) is 13.0. The van der Waals surface area contributed by atoms with Gasteiger partial charge in [-0.05, 0) is 24.8 Å². The molecular formula is C12H18N4OS. The fourth-order valence-electron chi connectivity index (χ4n) is 1.68. The highest BCUT2D eigenvalue weighted by Crippen LogP contribution is 2.28. The molecule has 2 aromatic heterocycles. The van der Waals surface area contributed by atoms with Crippen LogP contribution in [0, 0.1) is 6.92 Å². The van der Waals surface area contributed by atoms with E-state index in [-0.39, 0.29) is 6.10 Å². The Morgan fingerprint density at radius 1 is 1.39 bits per heavy atom. The Balaban J connectivity index is 1.92. The maximum atomic E-state index is 9.11. The Labute approximate surface area is 110 Å². The van der Waals surface area contributed by atoms with Crippen LogP contribution < -0.4 is 10.6 Å². The van der Waals surface area contributed by atoms with Gasteiger partial charge in [0.1, 0.15) is 12.1 Å². The number of aromatic nitrogens is 2. The number of thiophene rings is 1. The van der Waals surface area contributed by atoms with E-state index < -0.39 is 0 Å². The largest absolute Gasteiger partial charge is 0.392 e. The molecule has 1 atom stereocenters. The number of anilines is 1. The van der Waals surface area contributed by atoms with E-state index in [1.165, 1.54) is 5.56 Å². The predicted molar refractivity (Wildman–Crippen MR) is 75.2 cm³/mol. The standard InChI is InChI=1S/C12H18N4OS/c1-8-6-18-11-10(8)15-7-16-12(11)14-4-3-13-5-9(2)17/h6-7,9,13,17H,3-5H2,1-2H3,(H,14,15,16). The van der Waals surface area contributed by atoms with Gasteiger partial charge in [-0.2, -0.15) is 0 Å². The van der Waals surface area contributed by atoms with Gasteiger partial charge in [0.25, 0.3) is 0 Å². The smallest absolute Gasteiger partial charge is 0.147 e. The van der Waals surface area contributed by atoms with Crippen LogP contribution >= 0.6 is 11.3 Å². The second-order valence-electron chi connectivity index (χ2n) is 4.30. The minimum absolute atomic E-state index is 0.310. The Morgan fingerprint density at radius 2 is 2.22 bits per heavy atom. The van der Waals surface area contributed by atoms with E-state index in [4.69, 9.17) is 5.11 Å². The van der Waals surface area contributed by atoms with Crippen LogP contribution in [-0.2, 0) is 0 Å². The number of aliphatic hydroxyl groups is 1. The third kappa shape index (κ3) is 3.16. The molecule has 5 nitrogen and oxygen atoms in total. The molecule has 3 N–H and O–H groups in total. The minimum atomic E-state index is -0.310. The van der Waals surface area contributed by atoms with Crippen molar-refractivity contribution in [3.63, 3.8) is 0 Å². The lowest BCUT2D eigenvalue weighted by atomic mass is 10.3. The summed E-state index contributed by atoms with van der Waals surface area (Å²) in [6, 6.07) is 0. The third-order valence-corrected chi connectivity index (χ3v) is 3.66. The van der Waals surface area contributed by atoms with Crippen molar-refractivity contribution in [1.82, 2.24) is 15.3 Å². The fourth-order valence-corrected chi connectivity index (χ4v) is 2.64. The lowest BCUT2D eigenvalue weighted by molar-refractivity contribution is 0.192. The van der Waals surface area contributed by atoms with Gasteiger partial charge in [0.2, 0.25) is 0 Å². The SMILES string of the molecule is Cc1csc2c(NCCNCC(C)O)ncnc12. The van der Waals surface area contributed by atoms with Crippen LogP contribution in [0.2, 0.25) is 0 Å². The van der Waals surface area contributed by atoms with Crippen LogP contribution in [0.5, 0.6) is 0 Å². The van der Waals surface area contributed by atoms with Gasteiger partial charge in [-0.15, -0.1) is 11.3 Å². The molecule has 0 saturated carbocycles. The number of aryl methyl sites for hydroxylation is 1. The van der Waals surface area contributed by atoms with Crippen LogP contribution in [0.3, 0.4) is 0 Å². The van der Waals surface area contributed by atoms with Crippen LogP contribution in [0.15, 0.2) is 11.7 Å². The highest BCUT2D eigenvalue weighted by atomic mass is 32.1. The van der Waals surface area contributed by atoms with Crippen LogP contribution in [0.1, 0.15) is 12.5 Å². The van der Waals surface area contributed by atoms with Gasteiger partial charge in [0.15, 0.2) is 0 Å². The number of nitrogens with one attached hydrogen (secondary N) is 2. The molecular weight excluding hydrogens is 248 g/mol. The number of hydrogen-bond donors (Lipinski definition) is 3. The molecule has 2 aromatic rings. The summed E-state index contributed by atoms with van der Waals surface area (Å²) in [5.74, 6) is 0.886. The molecule has 2 rings (SSSR count). The summed E-state index contributed by atoms with van der Waals surface area (Å²) in [6.07, 6.45) is 1.28. The first-order chi connectivity index (χ1) is 8.68. The Bertz CT molecular complexity index is 512. The molecule has 0 amide bonds. The Morgan fingerprint density at radius 3 is 3.00 bits per heavy atom. The van der Waals surface area contributed by atoms with Crippen LogP contribution in [0.4, 0.5) is 5.82 Å². The topological polar surface area (TPSA) is 70.1 Å². The lowest BCUT2D eigenvalue weighted by Gasteiger charge is -2.08. The van der Waals surface area contributed by atoms with Gasteiger partial charge in [-0.3, -0.25) is 0 Å². The number of rotatable bonds is 6. The number of fused-ring (bicyclic) bond motifs is 1. The van der Waals surface area contributed by atoms with Gasteiger partial charge < -0.3 is 15.7 Å². The van der Waals surface area contributed by atoms with Crippen LogP contribution in [-0.4, -0.2) is 40.8 Å². The van der Waals surface area contributed by atoms with Gasteiger partial charge >= 0.3 is 0 Å². The summed E-state index contributed by atoms with van der Waals surface area (Å²) >= 11 is 1.66. The van der Waals surface area contributed by atoms with E-state index >= 15 is 0 Å². The molecule has 0 radical (unpaired) electrons. The van der Waals surface area contributed by atoms with Gasteiger partial charge in [-0.25, -0.2) is 9.97 Å². The summed E-state index contributed by atoms with van der Waals surface area (Å²) in [4.78, 5) is 8.54. The zero-order valence-electron chi connectivity index (χ0n) is 10.6. The number of nitrogens with zero attached hydrogens (tertiary/aromatic N) is 2. The second kappa shape index (κ2) is 6.08. The molecule has 0 saturated heterocycles. The molecule has 0 aliphatic rings. The van der Waals surface area contributed by atoms with E-state index in [9.17, 15) is 0 Å². The first-order valence-electron chi connectivity index (χ1n) is 6.00.